The summed E-state index contributed by atoms with van der Waals surface area (Å²) in [5, 5.41) is 9.31. The summed E-state index contributed by atoms with van der Waals surface area (Å²) in [5.41, 5.74) is 0. The molecule has 0 spiro atoms. The molecule has 1 aliphatic heterocycles. The van der Waals surface area contributed by atoms with E-state index < -0.39 is 6.29 Å². The van der Waals surface area contributed by atoms with Crippen LogP contribution < -0.4 is 0 Å². The zero-order valence-electron chi connectivity index (χ0n) is 7.12. The van der Waals surface area contributed by atoms with Crippen LogP contribution in [0, 0.1) is 5.92 Å². The van der Waals surface area contributed by atoms with Gasteiger partial charge in [-0.05, 0) is 6.42 Å². The number of aliphatic hydroxyl groups excluding tert-OH is 1. The Morgan fingerprint density at radius 2 is 2.27 bits per heavy atom. The minimum atomic E-state index is -0.637. The molecule has 66 valence electrons. The molecule has 0 amide bonds. The van der Waals surface area contributed by atoms with E-state index in [9.17, 15) is 5.11 Å². The summed E-state index contributed by atoms with van der Waals surface area (Å²) in [6.45, 7) is 5.25. The number of aliphatic hydroxyl groups is 1. The van der Waals surface area contributed by atoms with Crippen molar-refractivity contribution in [2.45, 2.75) is 32.7 Å². The Bertz CT molecular complexity index is 108. The fraction of sp³-hybridized carbons (Fsp3) is 1.00. The van der Waals surface area contributed by atoms with Gasteiger partial charge in [-0.25, -0.2) is 0 Å². The van der Waals surface area contributed by atoms with E-state index in [1.54, 1.807) is 0 Å². The normalized spacial score (nSPS) is 27.8. The van der Waals surface area contributed by atoms with Gasteiger partial charge in [-0.3, -0.25) is 0 Å². The van der Waals surface area contributed by atoms with Gasteiger partial charge >= 0.3 is 0 Å². The molecule has 0 aliphatic carbocycles. The Balaban J connectivity index is 2.18. The first-order valence-electron chi connectivity index (χ1n) is 4.11. The SMILES string of the molecule is CC(C)C(O)OC1CCOC1. The van der Waals surface area contributed by atoms with Gasteiger partial charge in [-0.1, -0.05) is 13.8 Å². The average Bonchev–Trinajstić information content (AvgIpc) is 2.39. The molecule has 0 aromatic rings. The molecule has 0 radical (unpaired) electrons. The lowest BCUT2D eigenvalue weighted by Gasteiger charge is -2.18. The van der Waals surface area contributed by atoms with E-state index >= 15 is 0 Å². The number of hydrogen-bond acceptors (Lipinski definition) is 3. The van der Waals surface area contributed by atoms with E-state index in [-0.39, 0.29) is 12.0 Å². The molecule has 0 bridgehead atoms. The first-order chi connectivity index (χ1) is 5.20. The molecule has 1 heterocycles. The van der Waals surface area contributed by atoms with Crippen molar-refractivity contribution in [3.63, 3.8) is 0 Å². The molecule has 11 heavy (non-hydrogen) atoms. The Morgan fingerprint density at radius 1 is 1.55 bits per heavy atom. The molecule has 3 heteroatoms. The van der Waals surface area contributed by atoms with Crippen molar-refractivity contribution in [1.82, 2.24) is 0 Å². The van der Waals surface area contributed by atoms with Gasteiger partial charge < -0.3 is 14.6 Å². The minimum absolute atomic E-state index is 0.104. The molecule has 2 unspecified atom stereocenters. The summed E-state index contributed by atoms with van der Waals surface area (Å²) in [6, 6.07) is 0. The quantitative estimate of drug-likeness (QED) is 0.620. The molecule has 0 aromatic carbocycles. The number of hydrogen-bond donors (Lipinski definition) is 1. The Labute approximate surface area is 67.3 Å². The van der Waals surface area contributed by atoms with Crippen molar-refractivity contribution < 1.29 is 14.6 Å². The Kier molecular flexibility index (Phi) is 3.30. The van der Waals surface area contributed by atoms with Gasteiger partial charge in [0.2, 0.25) is 0 Å². The lowest BCUT2D eigenvalue weighted by Crippen LogP contribution is -2.26. The fourth-order valence-corrected chi connectivity index (χ4v) is 0.975. The highest BCUT2D eigenvalue weighted by atomic mass is 16.6. The van der Waals surface area contributed by atoms with Crippen LogP contribution >= 0.6 is 0 Å². The van der Waals surface area contributed by atoms with Crippen LogP contribution in [0.25, 0.3) is 0 Å². The molecule has 1 N–H and O–H groups in total. The number of ether oxygens (including phenoxy) is 2. The highest BCUT2D eigenvalue weighted by Crippen LogP contribution is 2.13. The molecule has 1 saturated heterocycles. The van der Waals surface area contributed by atoms with Crippen LogP contribution in [0.15, 0.2) is 0 Å². The monoisotopic (exact) mass is 160 g/mol. The van der Waals surface area contributed by atoms with Crippen molar-refractivity contribution in [2.75, 3.05) is 13.2 Å². The van der Waals surface area contributed by atoms with E-state index in [1.807, 2.05) is 13.8 Å². The van der Waals surface area contributed by atoms with E-state index in [1.165, 1.54) is 0 Å². The Hall–Kier alpha value is -0.120. The van der Waals surface area contributed by atoms with Crippen molar-refractivity contribution >= 4 is 0 Å². The van der Waals surface area contributed by atoms with Crippen molar-refractivity contribution in [1.29, 1.82) is 0 Å². The van der Waals surface area contributed by atoms with Gasteiger partial charge in [0.05, 0.1) is 12.7 Å². The maximum Gasteiger partial charge on any atom is 0.157 e. The topological polar surface area (TPSA) is 38.7 Å². The molecule has 3 nitrogen and oxygen atoms in total. The molecule has 1 fully saturated rings. The lowest BCUT2D eigenvalue weighted by molar-refractivity contribution is -0.157. The second-order valence-electron chi connectivity index (χ2n) is 3.26. The first kappa shape index (κ1) is 8.97. The molecule has 1 aliphatic rings. The summed E-state index contributed by atoms with van der Waals surface area (Å²) in [6.07, 6.45) is 0.373. The molecule has 0 aromatic heterocycles. The lowest BCUT2D eigenvalue weighted by atomic mass is 10.2. The molecule has 2 atom stereocenters. The second kappa shape index (κ2) is 4.04. The highest BCUT2D eigenvalue weighted by Gasteiger charge is 2.20. The second-order valence-corrected chi connectivity index (χ2v) is 3.26. The van der Waals surface area contributed by atoms with Gasteiger partial charge in [0.15, 0.2) is 6.29 Å². The van der Waals surface area contributed by atoms with Crippen LogP contribution in [-0.2, 0) is 9.47 Å². The minimum Gasteiger partial charge on any atom is -0.379 e. The van der Waals surface area contributed by atoms with Crippen molar-refractivity contribution in [2.24, 2.45) is 5.92 Å². The predicted octanol–water partition coefficient (Wildman–Crippen LogP) is 0.766. The third-order valence-electron chi connectivity index (χ3n) is 1.79. The third kappa shape index (κ3) is 2.77. The highest BCUT2D eigenvalue weighted by molar-refractivity contribution is 4.64. The van der Waals surface area contributed by atoms with Crippen LogP contribution in [0.1, 0.15) is 20.3 Å². The largest absolute Gasteiger partial charge is 0.379 e. The summed E-state index contributed by atoms with van der Waals surface area (Å²) < 4.78 is 10.4. The third-order valence-corrected chi connectivity index (χ3v) is 1.79. The number of rotatable bonds is 3. The molecular weight excluding hydrogens is 144 g/mol. The van der Waals surface area contributed by atoms with Crippen LogP contribution in [-0.4, -0.2) is 30.7 Å². The van der Waals surface area contributed by atoms with Crippen LogP contribution in [0.5, 0.6) is 0 Å². The zero-order valence-corrected chi connectivity index (χ0v) is 7.12. The standard InChI is InChI=1S/C8H16O3/c1-6(2)8(9)11-7-3-4-10-5-7/h6-9H,3-5H2,1-2H3. The van der Waals surface area contributed by atoms with Gasteiger partial charge in [0, 0.05) is 12.5 Å². The Morgan fingerprint density at radius 3 is 2.73 bits per heavy atom. The van der Waals surface area contributed by atoms with E-state index in [0.29, 0.717) is 6.61 Å². The summed E-state index contributed by atoms with van der Waals surface area (Å²) in [7, 11) is 0. The zero-order chi connectivity index (χ0) is 8.27. The summed E-state index contributed by atoms with van der Waals surface area (Å²) in [5.74, 6) is 0.163. The van der Waals surface area contributed by atoms with E-state index in [4.69, 9.17) is 9.47 Å². The predicted molar refractivity (Wildman–Crippen MR) is 41.2 cm³/mol. The fourth-order valence-electron chi connectivity index (χ4n) is 0.975. The van der Waals surface area contributed by atoms with E-state index in [0.717, 1.165) is 13.0 Å². The first-order valence-corrected chi connectivity index (χ1v) is 4.11. The maximum atomic E-state index is 9.31. The van der Waals surface area contributed by atoms with Gasteiger partial charge in [0.1, 0.15) is 0 Å². The van der Waals surface area contributed by atoms with E-state index in [2.05, 4.69) is 0 Å². The van der Waals surface area contributed by atoms with Crippen LogP contribution in [0.2, 0.25) is 0 Å². The van der Waals surface area contributed by atoms with Crippen LogP contribution in [0.3, 0.4) is 0 Å². The molecular formula is C8H16O3. The van der Waals surface area contributed by atoms with Gasteiger partial charge in [0.25, 0.3) is 0 Å². The maximum absolute atomic E-state index is 9.31. The van der Waals surface area contributed by atoms with Crippen molar-refractivity contribution in [3.05, 3.63) is 0 Å². The average molecular weight is 160 g/mol. The molecule has 1 rings (SSSR count). The van der Waals surface area contributed by atoms with Crippen molar-refractivity contribution in [3.8, 4) is 0 Å². The summed E-state index contributed by atoms with van der Waals surface area (Å²) >= 11 is 0. The summed E-state index contributed by atoms with van der Waals surface area (Å²) in [4.78, 5) is 0. The van der Waals surface area contributed by atoms with Crippen LogP contribution in [0.4, 0.5) is 0 Å². The van der Waals surface area contributed by atoms with Gasteiger partial charge in [-0.15, -0.1) is 0 Å². The molecule has 0 saturated carbocycles. The smallest absolute Gasteiger partial charge is 0.157 e. The van der Waals surface area contributed by atoms with Gasteiger partial charge in [-0.2, -0.15) is 0 Å².